The van der Waals surface area contributed by atoms with Gasteiger partial charge in [0, 0.05) is 30.4 Å². The predicted molar refractivity (Wildman–Crippen MR) is 146 cm³/mol. The van der Waals surface area contributed by atoms with E-state index in [0.717, 1.165) is 16.6 Å². The fourth-order valence-electron chi connectivity index (χ4n) is 4.77. The number of hydrogen-bond donors (Lipinski definition) is 4. The molecule has 3 unspecified atom stereocenters. The number of anilines is 1. The summed E-state index contributed by atoms with van der Waals surface area (Å²) >= 11 is 0. The molecule has 11 heteroatoms. The monoisotopic (exact) mass is 543 g/mol. The van der Waals surface area contributed by atoms with Gasteiger partial charge in [-0.15, -0.1) is 0 Å². The summed E-state index contributed by atoms with van der Waals surface area (Å²) in [5.74, 6) is -2.11. The molecule has 1 aromatic heterocycles. The van der Waals surface area contributed by atoms with Crippen LogP contribution in [-0.4, -0.2) is 76.7 Å². The van der Waals surface area contributed by atoms with E-state index in [-0.39, 0.29) is 31.6 Å². The Morgan fingerprint density at radius 1 is 1.02 bits per heavy atom. The Kier molecular flexibility index (Phi) is 8.02. The van der Waals surface area contributed by atoms with Gasteiger partial charge in [-0.1, -0.05) is 48.5 Å². The summed E-state index contributed by atoms with van der Waals surface area (Å²) in [5, 5.41) is 20.0. The summed E-state index contributed by atoms with van der Waals surface area (Å²) in [4.78, 5) is 56.8. The lowest BCUT2D eigenvalue weighted by Gasteiger charge is -2.26. The number of carbonyl (C=O) groups excluding carboxylic acids is 4. The number of aliphatic hydroxyl groups is 1. The van der Waals surface area contributed by atoms with Crippen LogP contribution in [0, 0.1) is 0 Å². The van der Waals surface area contributed by atoms with Crippen molar-refractivity contribution in [3.8, 4) is 0 Å². The summed E-state index contributed by atoms with van der Waals surface area (Å²) < 4.78 is 4.68. The fourth-order valence-corrected chi connectivity index (χ4v) is 4.77. The van der Waals surface area contributed by atoms with E-state index >= 15 is 0 Å². The van der Waals surface area contributed by atoms with Gasteiger partial charge in [-0.25, -0.2) is 0 Å². The molecular formula is C29H29N5O6. The zero-order chi connectivity index (χ0) is 28.1. The van der Waals surface area contributed by atoms with E-state index in [1.165, 1.54) is 4.90 Å². The second kappa shape index (κ2) is 12.0. The Labute approximate surface area is 230 Å². The Balaban J connectivity index is 1.33. The molecule has 206 valence electrons. The van der Waals surface area contributed by atoms with E-state index in [0.29, 0.717) is 11.9 Å². The minimum absolute atomic E-state index is 0.146. The first-order valence-corrected chi connectivity index (χ1v) is 12.9. The molecule has 3 aromatic rings. The van der Waals surface area contributed by atoms with Gasteiger partial charge in [0.25, 0.3) is 5.91 Å². The molecular weight excluding hydrogens is 514 g/mol. The number of pyridine rings is 1. The number of para-hydroxylation sites is 1. The highest BCUT2D eigenvalue weighted by atomic mass is 16.6. The third-order valence-corrected chi connectivity index (χ3v) is 6.80. The van der Waals surface area contributed by atoms with Gasteiger partial charge in [0.05, 0.1) is 13.0 Å². The van der Waals surface area contributed by atoms with E-state index in [4.69, 9.17) is 0 Å². The van der Waals surface area contributed by atoms with E-state index < -0.39 is 42.1 Å². The lowest BCUT2D eigenvalue weighted by atomic mass is 10.1. The number of aromatic nitrogens is 1. The van der Waals surface area contributed by atoms with Crippen LogP contribution in [0.2, 0.25) is 0 Å². The molecule has 11 nitrogen and oxygen atoms in total. The number of nitrogens with one attached hydrogen (secondary N) is 3. The number of ether oxygens (including phenoxy) is 1. The van der Waals surface area contributed by atoms with Gasteiger partial charge in [-0.3, -0.25) is 24.2 Å². The molecule has 5 rings (SSSR count). The van der Waals surface area contributed by atoms with Gasteiger partial charge in [0.15, 0.2) is 0 Å². The Morgan fingerprint density at radius 3 is 2.58 bits per heavy atom. The van der Waals surface area contributed by atoms with Crippen molar-refractivity contribution in [3.63, 3.8) is 0 Å². The molecule has 0 radical (unpaired) electrons. The maximum Gasteiger partial charge on any atom is 0.310 e. The number of hydrogen-bond acceptors (Lipinski definition) is 8. The van der Waals surface area contributed by atoms with Crippen molar-refractivity contribution in [3.05, 3.63) is 84.2 Å². The summed E-state index contributed by atoms with van der Waals surface area (Å²) in [6.45, 7) is 0.232. The highest BCUT2D eigenvalue weighted by Crippen LogP contribution is 2.19. The minimum Gasteiger partial charge on any atom is -0.434 e. The summed E-state index contributed by atoms with van der Waals surface area (Å²) in [5.41, 5.74) is 1.95. The minimum atomic E-state index is -1.44. The number of rotatable bonds is 8. The van der Waals surface area contributed by atoms with Crippen LogP contribution in [0.25, 0.3) is 10.8 Å². The van der Waals surface area contributed by atoms with Crippen molar-refractivity contribution in [1.82, 2.24) is 20.5 Å². The Morgan fingerprint density at radius 2 is 1.80 bits per heavy atom. The highest BCUT2D eigenvalue weighted by Gasteiger charge is 2.36. The van der Waals surface area contributed by atoms with Crippen LogP contribution in [0.4, 0.5) is 5.69 Å². The SMILES string of the molecule is O=C(CN1CC(CNc2ccccc2)=CCC(NC(=O)c2nccc3ccccc23)C1=O)NC1CC(=O)OC1O. The number of cyclic esters (lactones) is 1. The molecule has 2 aromatic carbocycles. The average molecular weight is 544 g/mol. The molecule has 4 N–H and O–H groups in total. The molecule has 0 spiro atoms. The van der Waals surface area contributed by atoms with Crippen molar-refractivity contribution in [2.24, 2.45) is 0 Å². The molecule has 0 saturated carbocycles. The summed E-state index contributed by atoms with van der Waals surface area (Å²) in [6.07, 6.45) is 2.05. The standard InChI is InChI=1S/C29H29N5O6/c35-24(32-23-14-25(36)40-29(23)39)17-34-16-18(15-31-20-7-2-1-3-8-20)10-11-22(28(34)38)33-27(37)26-21-9-5-4-6-19(21)12-13-30-26/h1-10,12-13,22-23,29,31,39H,11,14-17H2,(H,32,35)(H,33,37). The number of esters is 1. The molecule has 1 saturated heterocycles. The first-order valence-electron chi connectivity index (χ1n) is 12.9. The Bertz CT molecular complexity index is 1450. The van der Waals surface area contributed by atoms with Gasteiger partial charge in [-0.05, 0) is 35.6 Å². The van der Waals surface area contributed by atoms with Crippen LogP contribution in [0.1, 0.15) is 23.3 Å². The predicted octanol–water partition coefficient (Wildman–Crippen LogP) is 1.35. The van der Waals surface area contributed by atoms with Crippen LogP contribution in [-0.2, 0) is 19.1 Å². The molecule has 0 bridgehead atoms. The second-order valence-electron chi connectivity index (χ2n) is 9.68. The average Bonchev–Trinajstić information content (AvgIpc) is 3.20. The third kappa shape index (κ3) is 6.26. The largest absolute Gasteiger partial charge is 0.434 e. The molecule has 3 atom stereocenters. The van der Waals surface area contributed by atoms with Gasteiger partial charge in [0.2, 0.25) is 18.1 Å². The maximum atomic E-state index is 13.6. The molecule has 0 aliphatic carbocycles. The van der Waals surface area contributed by atoms with Gasteiger partial charge in [0.1, 0.15) is 17.8 Å². The van der Waals surface area contributed by atoms with Crippen LogP contribution in [0.5, 0.6) is 0 Å². The molecule has 40 heavy (non-hydrogen) atoms. The first kappa shape index (κ1) is 26.8. The second-order valence-corrected chi connectivity index (χ2v) is 9.68. The lowest BCUT2D eigenvalue weighted by Crippen LogP contribution is -2.52. The molecule has 3 heterocycles. The van der Waals surface area contributed by atoms with E-state index in [1.54, 1.807) is 18.3 Å². The van der Waals surface area contributed by atoms with Crippen LogP contribution in [0.3, 0.4) is 0 Å². The molecule has 2 aliphatic rings. The van der Waals surface area contributed by atoms with Crippen molar-refractivity contribution in [2.45, 2.75) is 31.2 Å². The van der Waals surface area contributed by atoms with Crippen LogP contribution >= 0.6 is 0 Å². The summed E-state index contributed by atoms with van der Waals surface area (Å²) in [6, 6.07) is 16.9. The normalized spacial score (nSPS) is 20.9. The van der Waals surface area contributed by atoms with Crippen LogP contribution < -0.4 is 16.0 Å². The molecule has 1 fully saturated rings. The van der Waals surface area contributed by atoms with Crippen molar-refractivity contribution >= 4 is 40.2 Å². The third-order valence-electron chi connectivity index (χ3n) is 6.80. The number of aliphatic hydroxyl groups excluding tert-OH is 1. The molecule has 2 aliphatic heterocycles. The first-order chi connectivity index (χ1) is 19.4. The lowest BCUT2D eigenvalue weighted by molar-refractivity contribution is -0.155. The number of nitrogens with zero attached hydrogens (tertiary/aromatic N) is 2. The fraction of sp³-hybridized carbons (Fsp3) is 0.276. The van der Waals surface area contributed by atoms with Crippen molar-refractivity contribution in [2.75, 3.05) is 25.0 Å². The van der Waals surface area contributed by atoms with Gasteiger partial charge in [-0.2, -0.15) is 0 Å². The van der Waals surface area contributed by atoms with Crippen LogP contribution in [0.15, 0.2) is 78.5 Å². The maximum absolute atomic E-state index is 13.6. The molecule has 3 amide bonds. The zero-order valence-corrected chi connectivity index (χ0v) is 21.6. The number of benzene rings is 2. The number of amides is 3. The number of fused-ring (bicyclic) bond motifs is 1. The topological polar surface area (TPSA) is 150 Å². The highest BCUT2D eigenvalue weighted by molar-refractivity contribution is 6.06. The smallest absolute Gasteiger partial charge is 0.310 e. The van der Waals surface area contributed by atoms with E-state index in [2.05, 4.69) is 25.7 Å². The van der Waals surface area contributed by atoms with Crippen molar-refractivity contribution < 1.29 is 29.0 Å². The van der Waals surface area contributed by atoms with E-state index in [1.807, 2.05) is 54.6 Å². The van der Waals surface area contributed by atoms with E-state index in [9.17, 15) is 24.3 Å². The number of carbonyl (C=O) groups is 4. The Hall–Kier alpha value is -4.77. The zero-order valence-electron chi connectivity index (χ0n) is 21.6. The quantitative estimate of drug-likeness (QED) is 0.246. The van der Waals surface area contributed by atoms with Gasteiger partial charge >= 0.3 is 5.97 Å². The van der Waals surface area contributed by atoms with Gasteiger partial charge < -0.3 is 30.7 Å². The van der Waals surface area contributed by atoms with Crippen molar-refractivity contribution in [1.29, 1.82) is 0 Å². The summed E-state index contributed by atoms with van der Waals surface area (Å²) in [7, 11) is 0.